The van der Waals surface area contributed by atoms with Crippen LogP contribution in [0.25, 0.3) is 0 Å². The Kier molecular flexibility index (Phi) is 7.76. The highest BCUT2D eigenvalue weighted by Gasteiger charge is 2.28. The van der Waals surface area contributed by atoms with Gasteiger partial charge in [0, 0.05) is 0 Å². The zero-order valence-corrected chi connectivity index (χ0v) is 20.2. The molecule has 7 heteroatoms. The smallest absolute Gasteiger partial charge is 0.264 e. The quantitative estimate of drug-likeness (QED) is 0.493. The van der Waals surface area contributed by atoms with Crippen LogP contribution in [0.15, 0.2) is 77.7 Å². The first-order valence-corrected chi connectivity index (χ1v) is 12.3. The van der Waals surface area contributed by atoms with Crippen molar-refractivity contribution >= 4 is 21.6 Å². The van der Waals surface area contributed by atoms with E-state index >= 15 is 0 Å². The first-order chi connectivity index (χ1) is 15.7. The van der Waals surface area contributed by atoms with Crippen LogP contribution >= 0.6 is 0 Å². The molecule has 0 aliphatic heterocycles. The number of nitrogens with one attached hydrogen (secondary N) is 1. The fourth-order valence-electron chi connectivity index (χ4n) is 3.49. The van der Waals surface area contributed by atoms with E-state index in [1.807, 2.05) is 57.2 Å². The molecule has 1 atom stereocenters. The highest BCUT2D eigenvalue weighted by atomic mass is 32.2. The SMILES string of the molecule is CC[C@H](NC(=O)CN(c1ccc(C)cc1)S(=O)(=O)c1ccc(C)cc1)c1ccc(OC)cc1. The minimum Gasteiger partial charge on any atom is -0.497 e. The predicted octanol–water partition coefficient (Wildman–Crippen LogP) is 4.77. The summed E-state index contributed by atoms with van der Waals surface area (Å²) < 4.78 is 33.3. The van der Waals surface area contributed by atoms with Crippen molar-refractivity contribution in [3.8, 4) is 5.75 Å². The minimum atomic E-state index is -3.94. The van der Waals surface area contributed by atoms with Gasteiger partial charge >= 0.3 is 0 Å². The van der Waals surface area contributed by atoms with E-state index in [1.54, 1.807) is 43.5 Å². The maximum absolute atomic E-state index is 13.5. The zero-order chi connectivity index (χ0) is 24.0. The number of methoxy groups -OCH3 is 1. The molecular formula is C26H30N2O4S. The van der Waals surface area contributed by atoms with Gasteiger partial charge in [-0.2, -0.15) is 0 Å². The maximum Gasteiger partial charge on any atom is 0.264 e. The van der Waals surface area contributed by atoms with E-state index < -0.39 is 10.0 Å². The van der Waals surface area contributed by atoms with Crippen molar-refractivity contribution in [3.63, 3.8) is 0 Å². The molecule has 0 radical (unpaired) electrons. The van der Waals surface area contributed by atoms with Gasteiger partial charge in [-0.25, -0.2) is 8.42 Å². The van der Waals surface area contributed by atoms with Gasteiger partial charge in [-0.1, -0.05) is 54.4 Å². The lowest BCUT2D eigenvalue weighted by Crippen LogP contribution is -2.42. The van der Waals surface area contributed by atoms with Gasteiger partial charge in [-0.15, -0.1) is 0 Å². The summed E-state index contributed by atoms with van der Waals surface area (Å²) >= 11 is 0. The van der Waals surface area contributed by atoms with Crippen molar-refractivity contribution in [2.45, 2.75) is 38.1 Å². The molecule has 174 valence electrons. The van der Waals surface area contributed by atoms with Gasteiger partial charge in [0.2, 0.25) is 5.91 Å². The molecule has 0 heterocycles. The van der Waals surface area contributed by atoms with Crippen molar-refractivity contribution in [1.29, 1.82) is 0 Å². The van der Waals surface area contributed by atoms with Crippen LogP contribution in [-0.2, 0) is 14.8 Å². The number of sulfonamides is 1. The lowest BCUT2D eigenvalue weighted by molar-refractivity contribution is -0.120. The molecule has 0 spiro atoms. The van der Waals surface area contributed by atoms with E-state index in [1.165, 1.54) is 0 Å². The minimum absolute atomic E-state index is 0.142. The molecule has 0 aliphatic carbocycles. The highest BCUT2D eigenvalue weighted by molar-refractivity contribution is 7.92. The Balaban J connectivity index is 1.88. The summed E-state index contributed by atoms with van der Waals surface area (Å²) in [6, 6.07) is 20.9. The van der Waals surface area contributed by atoms with E-state index in [-0.39, 0.29) is 23.4 Å². The molecule has 0 aliphatic rings. The second-order valence-corrected chi connectivity index (χ2v) is 9.82. The molecule has 0 fully saturated rings. The molecule has 6 nitrogen and oxygen atoms in total. The lowest BCUT2D eigenvalue weighted by atomic mass is 10.0. The van der Waals surface area contributed by atoms with Gasteiger partial charge in [0.05, 0.1) is 23.7 Å². The third-order valence-electron chi connectivity index (χ3n) is 5.48. The van der Waals surface area contributed by atoms with Crippen molar-refractivity contribution < 1.29 is 17.9 Å². The second-order valence-electron chi connectivity index (χ2n) is 7.96. The van der Waals surface area contributed by atoms with E-state index in [4.69, 9.17) is 4.74 Å². The van der Waals surface area contributed by atoms with Gasteiger partial charge < -0.3 is 10.1 Å². The predicted molar refractivity (Wildman–Crippen MR) is 131 cm³/mol. The molecule has 3 rings (SSSR count). The summed E-state index contributed by atoms with van der Waals surface area (Å²) in [4.78, 5) is 13.2. The number of carbonyl (C=O) groups excluding carboxylic acids is 1. The van der Waals surface area contributed by atoms with Crippen molar-refractivity contribution in [2.24, 2.45) is 0 Å². The Hall–Kier alpha value is -3.32. The van der Waals surface area contributed by atoms with Crippen LogP contribution in [0.3, 0.4) is 0 Å². The molecule has 3 aromatic rings. The van der Waals surface area contributed by atoms with Crippen LogP contribution in [0.4, 0.5) is 5.69 Å². The fourth-order valence-corrected chi connectivity index (χ4v) is 4.91. The first-order valence-electron chi connectivity index (χ1n) is 10.8. The molecule has 0 aromatic heterocycles. The second kappa shape index (κ2) is 10.5. The number of hydrogen-bond donors (Lipinski definition) is 1. The van der Waals surface area contributed by atoms with Gasteiger partial charge in [0.15, 0.2) is 0 Å². The molecule has 3 aromatic carbocycles. The van der Waals surface area contributed by atoms with Gasteiger partial charge in [0.25, 0.3) is 10.0 Å². The number of anilines is 1. The van der Waals surface area contributed by atoms with Crippen LogP contribution in [-0.4, -0.2) is 28.0 Å². The summed E-state index contributed by atoms with van der Waals surface area (Å²) in [7, 11) is -2.34. The van der Waals surface area contributed by atoms with Crippen LogP contribution in [0.2, 0.25) is 0 Å². The summed E-state index contributed by atoms with van der Waals surface area (Å²) in [5.74, 6) is 0.351. The third-order valence-corrected chi connectivity index (χ3v) is 7.27. The van der Waals surface area contributed by atoms with E-state index in [0.29, 0.717) is 12.1 Å². The number of hydrogen-bond acceptors (Lipinski definition) is 4. The van der Waals surface area contributed by atoms with E-state index in [2.05, 4.69) is 5.32 Å². The number of benzene rings is 3. The van der Waals surface area contributed by atoms with Gasteiger partial charge in [-0.05, 0) is 62.2 Å². The molecule has 1 N–H and O–H groups in total. The molecule has 0 saturated heterocycles. The largest absolute Gasteiger partial charge is 0.497 e. The van der Waals surface area contributed by atoms with Crippen molar-refractivity contribution in [1.82, 2.24) is 5.32 Å². The topological polar surface area (TPSA) is 75.7 Å². The van der Waals surface area contributed by atoms with Crippen molar-refractivity contribution in [2.75, 3.05) is 18.0 Å². The standard InChI is InChI=1S/C26H30N2O4S/c1-5-25(21-10-14-23(32-4)15-11-21)27-26(29)18-28(22-12-6-19(2)7-13-22)33(30,31)24-16-8-20(3)9-17-24/h6-17,25H,5,18H2,1-4H3,(H,27,29)/t25-/m0/s1. The number of carbonyl (C=O) groups is 1. The van der Waals surface area contributed by atoms with Crippen LogP contribution in [0.5, 0.6) is 5.75 Å². The fraction of sp³-hybridized carbons (Fsp3) is 0.269. The molecule has 1 amide bonds. The first kappa shape index (κ1) is 24.3. The molecule has 0 saturated carbocycles. The highest BCUT2D eigenvalue weighted by Crippen LogP contribution is 2.25. The van der Waals surface area contributed by atoms with Gasteiger partial charge in [0.1, 0.15) is 12.3 Å². The number of amides is 1. The number of nitrogens with zero attached hydrogens (tertiary/aromatic N) is 1. The van der Waals surface area contributed by atoms with Crippen LogP contribution in [0, 0.1) is 13.8 Å². The Morgan fingerprint density at radius 1 is 0.909 bits per heavy atom. The number of ether oxygens (including phenoxy) is 1. The van der Waals surface area contributed by atoms with E-state index in [9.17, 15) is 13.2 Å². The van der Waals surface area contributed by atoms with Crippen LogP contribution in [0.1, 0.15) is 36.1 Å². The van der Waals surface area contributed by atoms with E-state index in [0.717, 1.165) is 26.7 Å². The summed E-state index contributed by atoms with van der Waals surface area (Å²) in [5, 5.41) is 2.98. The van der Waals surface area contributed by atoms with Crippen molar-refractivity contribution in [3.05, 3.63) is 89.5 Å². The normalized spacial score (nSPS) is 12.1. The summed E-state index contributed by atoms with van der Waals surface area (Å²) in [6.45, 7) is 5.46. The Bertz CT molecular complexity index is 1170. The zero-order valence-electron chi connectivity index (χ0n) is 19.4. The Morgan fingerprint density at radius 3 is 1.97 bits per heavy atom. The van der Waals surface area contributed by atoms with Crippen LogP contribution < -0.4 is 14.4 Å². The Morgan fingerprint density at radius 2 is 1.45 bits per heavy atom. The monoisotopic (exact) mass is 466 g/mol. The summed E-state index contributed by atoms with van der Waals surface area (Å²) in [5.41, 5.74) is 3.32. The molecular weight excluding hydrogens is 436 g/mol. The summed E-state index contributed by atoms with van der Waals surface area (Å²) in [6.07, 6.45) is 0.660. The molecule has 0 bridgehead atoms. The number of aryl methyl sites for hydroxylation is 2. The maximum atomic E-state index is 13.5. The molecule has 0 unspecified atom stereocenters. The average Bonchev–Trinajstić information content (AvgIpc) is 2.82. The third kappa shape index (κ3) is 5.93. The lowest BCUT2D eigenvalue weighted by Gasteiger charge is -2.26. The molecule has 33 heavy (non-hydrogen) atoms. The average molecular weight is 467 g/mol. The Labute approximate surface area is 196 Å². The number of rotatable bonds is 9. The van der Waals surface area contributed by atoms with Gasteiger partial charge in [-0.3, -0.25) is 9.10 Å².